The number of thioether (sulfide) groups is 1. The maximum atomic E-state index is 13.4. The summed E-state index contributed by atoms with van der Waals surface area (Å²) in [7, 11) is 0. The van der Waals surface area contributed by atoms with E-state index in [9.17, 15) is 44.1 Å². The molecule has 0 spiro atoms. The lowest BCUT2D eigenvalue weighted by molar-refractivity contribution is -0.911. The molecule has 49 heavy (non-hydrogen) atoms. The molecule has 2 saturated heterocycles. The minimum atomic E-state index is -1.80. The number of pyridine rings is 1. The largest absolute Gasteiger partial charge is 0.543 e. The molecule has 2 aromatic rings. The third-order valence-corrected chi connectivity index (χ3v) is 10.5. The number of anilines is 1. The Balaban J connectivity index is 1.29. The van der Waals surface area contributed by atoms with Crippen LogP contribution in [-0.4, -0.2) is 120 Å². The molecule has 2 atom stereocenters. The number of carboxylic acid groups (broad SMARTS) is 2. The van der Waals surface area contributed by atoms with Crippen LogP contribution in [0.15, 0.2) is 38.9 Å². The Morgan fingerprint density at radius 2 is 1.98 bits per heavy atom. The van der Waals surface area contributed by atoms with Crippen LogP contribution in [0.5, 0.6) is 5.75 Å². The SMILES string of the molecule is CC(C)(O/N=C(\C(=O)N[C@@H]1C(=O)N2C(C(=O)[O-])=C(C[N+]3(CCNC(=O)c4cc(=O)c(O)c[nH]4)CCCC3)CS[C@H]12)c1csc(N)n1)C(=O)O. The lowest BCUT2D eigenvalue weighted by Gasteiger charge is -2.51. The van der Waals surface area contributed by atoms with E-state index in [0.717, 1.165) is 41.3 Å². The van der Waals surface area contributed by atoms with Gasteiger partial charge in [0, 0.05) is 41.8 Å². The van der Waals surface area contributed by atoms with Gasteiger partial charge in [-0.1, -0.05) is 5.16 Å². The summed E-state index contributed by atoms with van der Waals surface area (Å²) in [6.45, 7) is 4.82. The Morgan fingerprint density at radius 1 is 1.27 bits per heavy atom. The van der Waals surface area contributed by atoms with Crippen molar-refractivity contribution in [1.82, 2.24) is 25.5 Å². The van der Waals surface area contributed by atoms with Gasteiger partial charge >= 0.3 is 5.97 Å². The number of H-pyrrole nitrogens is 1. The first-order chi connectivity index (χ1) is 23.1. The van der Waals surface area contributed by atoms with Gasteiger partial charge in [-0.15, -0.1) is 23.1 Å². The number of β-lactam (4-membered cyclic amide) rings is 1. The number of thiazole rings is 1. The topological polar surface area (TPSA) is 270 Å². The Kier molecular flexibility index (Phi) is 10.0. The van der Waals surface area contributed by atoms with Crippen LogP contribution >= 0.6 is 23.1 Å². The number of nitrogen functional groups attached to an aromatic ring is 1. The minimum absolute atomic E-state index is 0.00843. The molecule has 0 aromatic carbocycles. The maximum absolute atomic E-state index is 13.4. The smallest absolute Gasteiger partial charge is 0.350 e. The average Bonchev–Trinajstić information content (AvgIpc) is 3.69. The molecule has 7 N–H and O–H groups in total. The highest BCUT2D eigenvalue weighted by molar-refractivity contribution is 8.00. The molecule has 0 unspecified atom stereocenters. The Labute approximate surface area is 286 Å². The van der Waals surface area contributed by atoms with E-state index < -0.39 is 63.6 Å². The second kappa shape index (κ2) is 13.9. The summed E-state index contributed by atoms with van der Waals surface area (Å²) in [6, 6.07) is -0.146. The van der Waals surface area contributed by atoms with Gasteiger partial charge in [0.1, 0.15) is 29.3 Å². The number of carbonyl (C=O) groups is 5. The van der Waals surface area contributed by atoms with Crippen molar-refractivity contribution in [2.45, 2.75) is 43.7 Å². The summed E-state index contributed by atoms with van der Waals surface area (Å²) in [5, 5.41) is 41.0. The Bertz CT molecular complexity index is 1810. The number of amides is 3. The highest BCUT2D eigenvalue weighted by atomic mass is 32.2. The third kappa shape index (κ3) is 7.39. The van der Waals surface area contributed by atoms with Crippen LogP contribution in [0.3, 0.4) is 0 Å². The number of aromatic hydroxyl groups is 1. The molecule has 0 radical (unpaired) electrons. The number of hydrogen-bond donors (Lipinski definition) is 6. The standard InChI is InChI=1S/C29H34N8O10S2/c1-29(2,27(45)46)47-35-19(16-13-49-28(30)33-16)23(41)34-20-24(42)36-21(26(43)44)14(12-48-25(20)36)11-37(6-3-4-7-37)8-5-31-22(40)15-9-17(38)18(39)10-32-15/h9-10,13,20,25H,3-8,11-12H2,1-2H3,(H7-,30,31,32,33,34,35,38,39,40,41,43,44,45,46)/t20-,25-/m1/s1. The van der Waals surface area contributed by atoms with Gasteiger partial charge in [-0.3, -0.25) is 24.1 Å². The van der Waals surface area contributed by atoms with E-state index in [1.165, 1.54) is 31.0 Å². The molecule has 0 aliphatic carbocycles. The van der Waals surface area contributed by atoms with Crippen molar-refractivity contribution in [2.24, 2.45) is 5.16 Å². The van der Waals surface area contributed by atoms with Crippen molar-refractivity contribution in [3.05, 3.63) is 50.5 Å². The number of aliphatic carboxylic acids is 2. The van der Waals surface area contributed by atoms with Gasteiger partial charge in [0.05, 0.1) is 37.8 Å². The zero-order valence-corrected chi connectivity index (χ0v) is 28.0. The lowest BCUT2D eigenvalue weighted by Crippen LogP contribution is -2.72. The van der Waals surface area contributed by atoms with Crippen molar-refractivity contribution in [3.63, 3.8) is 0 Å². The van der Waals surface area contributed by atoms with Crippen LogP contribution < -0.4 is 26.9 Å². The van der Waals surface area contributed by atoms with Crippen LogP contribution in [0.1, 0.15) is 42.9 Å². The molecule has 262 valence electrons. The summed E-state index contributed by atoms with van der Waals surface area (Å²) >= 11 is 2.27. The van der Waals surface area contributed by atoms with E-state index in [0.29, 0.717) is 29.7 Å². The summed E-state index contributed by atoms with van der Waals surface area (Å²) in [4.78, 5) is 87.8. The zero-order valence-electron chi connectivity index (χ0n) is 26.4. The number of nitrogens with zero attached hydrogens (tertiary/aromatic N) is 4. The van der Waals surface area contributed by atoms with Crippen LogP contribution in [0, 0.1) is 0 Å². The van der Waals surface area contributed by atoms with Crippen molar-refractivity contribution in [1.29, 1.82) is 0 Å². The number of carboxylic acids is 2. The van der Waals surface area contributed by atoms with Gasteiger partial charge in [-0.05, 0) is 13.8 Å². The van der Waals surface area contributed by atoms with Gasteiger partial charge in [0.15, 0.2) is 16.6 Å². The number of aromatic amines is 1. The number of carbonyl (C=O) groups excluding carboxylic acids is 4. The summed E-state index contributed by atoms with van der Waals surface area (Å²) in [5.74, 6) is -5.30. The van der Waals surface area contributed by atoms with E-state index in [-0.39, 0.29) is 41.1 Å². The molecule has 5 heterocycles. The van der Waals surface area contributed by atoms with Crippen LogP contribution in [0.4, 0.5) is 5.13 Å². The van der Waals surface area contributed by atoms with Gasteiger partial charge in [0.25, 0.3) is 17.7 Å². The quantitative estimate of drug-likeness (QED) is 0.0575. The second-order valence-corrected chi connectivity index (χ2v) is 14.2. The fraction of sp³-hybridized carbons (Fsp3) is 0.448. The van der Waals surface area contributed by atoms with Crippen LogP contribution in [0.2, 0.25) is 0 Å². The van der Waals surface area contributed by atoms with Crippen LogP contribution in [0.25, 0.3) is 0 Å². The number of aromatic nitrogens is 2. The number of nitrogens with one attached hydrogen (secondary N) is 3. The lowest BCUT2D eigenvalue weighted by atomic mass is 10.0. The number of rotatable bonds is 13. The number of nitrogens with two attached hydrogens (primary N) is 1. The van der Waals surface area contributed by atoms with E-state index >= 15 is 0 Å². The number of quaternary nitrogens is 1. The first kappa shape index (κ1) is 35.4. The molecule has 0 saturated carbocycles. The molecule has 2 aromatic heterocycles. The number of fused-ring (bicyclic) bond motifs is 1. The molecular weight excluding hydrogens is 684 g/mol. The average molecular weight is 719 g/mol. The predicted octanol–water partition coefficient (Wildman–Crippen LogP) is -1.85. The van der Waals surface area contributed by atoms with E-state index in [2.05, 4.69) is 25.8 Å². The molecule has 3 aliphatic rings. The summed E-state index contributed by atoms with van der Waals surface area (Å²) in [5.41, 5.74) is 2.99. The molecule has 20 heteroatoms. The van der Waals surface area contributed by atoms with E-state index in [1.807, 2.05) is 0 Å². The van der Waals surface area contributed by atoms with Crippen molar-refractivity contribution < 1.29 is 48.6 Å². The van der Waals surface area contributed by atoms with Gasteiger partial charge < -0.3 is 50.8 Å². The Morgan fingerprint density at radius 3 is 2.59 bits per heavy atom. The van der Waals surface area contributed by atoms with Crippen molar-refractivity contribution in [3.8, 4) is 5.75 Å². The number of oxime groups is 1. The van der Waals surface area contributed by atoms with Gasteiger partial charge in [0.2, 0.25) is 11.0 Å². The molecular formula is C29H34N8O10S2. The highest BCUT2D eigenvalue weighted by Crippen LogP contribution is 2.41. The fourth-order valence-electron chi connectivity index (χ4n) is 5.77. The summed E-state index contributed by atoms with van der Waals surface area (Å²) in [6.07, 6.45) is 2.78. The highest BCUT2D eigenvalue weighted by Gasteiger charge is 2.54. The summed E-state index contributed by atoms with van der Waals surface area (Å²) < 4.78 is 0.454. The third-order valence-electron chi connectivity index (χ3n) is 8.44. The van der Waals surface area contributed by atoms with Crippen molar-refractivity contribution in [2.75, 3.05) is 44.2 Å². The van der Waals surface area contributed by atoms with Crippen LogP contribution in [-0.2, 0) is 24.0 Å². The van der Waals surface area contributed by atoms with Gasteiger partial charge in [-0.25, -0.2) is 9.78 Å². The molecule has 3 aliphatic heterocycles. The predicted molar refractivity (Wildman–Crippen MR) is 173 cm³/mol. The molecule has 5 rings (SSSR count). The van der Waals surface area contributed by atoms with E-state index in [4.69, 9.17) is 10.6 Å². The first-order valence-electron chi connectivity index (χ1n) is 15.1. The van der Waals surface area contributed by atoms with E-state index in [1.54, 1.807) is 0 Å². The molecule has 18 nitrogen and oxygen atoms in total. The minimum Gasteiger partial charge on any atom is -0.543 e. The van der Waals surface area contributed by atoms with Gasteiger partial charge in [-0.2, -0.15) is 0 Å². The normalized spacial score (nSPS) is 20.3. The van der Waals surface area contributed by atoms with Crippen molar-refractivity contribution >= 4 is 63.6 Å². The number of likely N-dealkylation sites (tertiary alicyclic amines) is 1. The maximum Gasteiger partial charge on any atom is 0.350 e. The second-order valence-electron chi connectivity index (χ2n) is 12.2. The number of hydrogen-bond acceptors (Lipinski definition) is 14. The first-order valence-corrected chi connectivity index (χ1v) is 17.0. The monoisotopic (exact) mass is 718 g/mol. The Hall–Kier alpha value is -4.95. The fourth-order valence-corrected chi connectivity index (χ4v) is 7.65. The molecule has 0 bridgehead atoms. The molecule has 2 fully saturated rings. The zero-order chi connectivity index (χ0) is 35.7. The molecule has 3 amide bonds.